The maximum Gasteiger partial charge on any atom is 0.261 e. The zero-order valence-corrected chi connectivity index (χ0v) is 16.5. The molecule has 8 heteroatoms. The first-order valence-corrected chi connectivity index (χ1v) is 11.1. The van der Waals surface area contributed by atoms with Crippen molar-refractivity contribution in [2.75, 3.05) is 18.1 Å². The summed E-state index contributed by atoms with van der Waals surface area (Å²) in [6.07, 6.45) is 3.56. The van der Waals surface area contributed by atoms with E-state index in [4.69, 9.17) is 0 Å². The van der Waals surface area contributed by atoms with Gasteiger partial charge < -0.3 is 4.90 Å². The summed E-state index contributed by atoms with van der Waals surface area (Å²) in [4.78, 5) is 31.6. The lowest BCUT2D eigenvalue weighted by Crippen LogP contribution is -2.44. The highest BCUT2D eigenvalue weighted by Gasteiger charge is 2.34. The van der Waals surface area contributed by atoms with Gasteiger partial charge in [-0.25, -0.2) is 13.4 Å². The van der Waals surface area contributed by atoms with Crippen LogP contribution in [0.2, 0.25) is 0 Å². The molecule has 0 spiro atoms. The van der Waals surface area contributed by atoms with Crippen LogP contribution in [0.3, 0.4) is 0 Å². The topological polar surface area (TPSA) is 89.3 Å². The van der Waals surface area contributed by atoms with E-state index in [1.165, 1.54) is 10.9 Å². The Kier molecular flexibility index (Phi) is 5.64. The van der Waals surface area contributed by atoms with Crippen LogP contribution in [0.15, 0.2) is 29.3 Å². The van der Waals surface area contributed by atoms with Crippen molar-refractivity contribution in [2.45, 2.75) is 45.7 Å². The van der Waals surface area contributed by atoms with Crippen LogP contribution in [-0.4, -0.2) is 52.9 Å². The van der Waals surface area contributed by atoms with Gasteiger partial charge >= 0.3 is 0 Å². The average Bonchev–Trinajstić information content (AvgIpc) is 2.98. The predicted octanol–water partition coefficient (Wildman–Crippen LogP) is 1.52. The van der Waals surface area contributed by atoms with E-state index in [9.17, 15) is 18.0 Å². The number of nitrogens with zero attached hydrogens (tertiary/aromatic N) is 3. The molecule has 0 saturated carbocycles. The monoisotopic (exact) mass is 391 g/mol. The van der Waals surface area contributed by atoms with E-state index >= 15 is 0 Å². The van der Waals surface area contributed by atoms with Crippen LogP contribution in [0.5, 0.6) is 0 Å². The van der Waals surface area contributed by atoms with Crippen molar-refractivity contribution in [2.24, 2.45) is 0 Å². The third-order valence-electron chi connectivity index (χ3n) is 5.08. The fraction of sp³-hybridized carbons (Fsp3) is 0.526. The average molecular weight is 391 g/mol. The third-order valence-corrected chi connectivity index (χ3v) is 6.83. The number of para-hydroxylation sites is 1. The number of unbranched alkanes of at least 4 members (excludes halogenated alkanes) is 1. The first-order chi connectivity index (χ1) is 12.8. The highest BCUT2D eigenvalue weighted by atomic mass is 32.2. The van der Waals surface area contributed by atoms with E-state index in [-0.39, 0.29) is 35.6 Å². The van der Waals surface area contributed by atoms with Gasteiger partial charge in [0, 0.05) is 12.6 Å². The van der Waals surface area contributed by atoms with Crippen LogP contribution in [-0.2, 0) is 21.2 Å². The summed E-state index contributed by atoms with van der Waals surface area (Å²) in [5, 5.41) is 0.480. The molecular weight excluding hydrogens is 366 g/mol. The number of carbonyl (C=O) groups is 1. The number of amides is 1. The number of fused-ring (bicyclic) bond motifs is 1. The summed E-state index contributed by atoms with van der Waals surface area (Å²) in [6, 6.07) is 5.08. The third kappa shape index (κ3) is 4.21. The molecule has 1 aromatic carbocycles. The highest BCUT2D eigenvalue weighted by molar-refractivity contribution is 7.91. The minimum Gasteiger partial charge on any atom is -0.337 e. The number of benzene rings is 1. The normalized spacial score (nSPS) is 18.7. The smallest absolute Gasteiger partial charge is 0.261 e. The van der Waals surface area contributed by atoms with Gasteiger partial charge in [0.15, 0.2) is 9.84 Å². The SMILES string of the molecule is CCCCN(C(=O)Cn1cnc2c(C)cccc2c1=O)C1CCS(=O)(=O)C1. The first kappa shape index (κ1) is 19.5. The van der Waals surface area contributed by atoms with Gasteiger partial charge in [0.05, 0.1) is 28.7 Å². The molecule has 146 valence electrons. The van der Waals surface area contributed by atoms with Crippen molar-refractivity contribution in [3.8, 4) is 0 Å². The largest absolute Gasteiger partial charge is 0.337 e. The second-order valence-corrected chi connectivity index (χ2v) is 9.37. The van der Waals surface area contributed by atoms with Crippen molar-refractivity contribution in [3.05, 3.63) is 40.4 Å². The molecule has 1 amide bonds. The Hall–Kier alpha value is -2.22. The summed E-state index contributed by atoms with van der Waals surface area (Å²) >= 11 is 0. The Labute approximate surface area is 158 Å². The van der Waals surface area contributed by atoms with Gasteiger partial charge in [0.2, 0.25) is 5.91 Å². The Morgan fingerprint density at radius 2 is 2.15 bits per heavy atom. The maximum absolute atomic E-state index is 12.9. The van der Waals surface area contributed by atoms with Gasteiger partial charge in [0.1, 0.15) is 6.54 Å². The molecule has 1 atom stereocenters. The molecule has 27 heavy (non-hydrogen) atoms. The molecule has 0 radical (unpaired) electrons. The number of rotatable bonds is 6. The van der Waals surface area contributed by atoms with Gasteiger partial charge in [-0.05, 0) is 31.4 Å². The molecular formula is C19H25N3O4S. The van der Waals surface area contributed by atoms with Gasteiger partial charge in [-0.2, -0.15) is 0 Å². The minimum atomic E-state index is -3.09. The minimum absolute atomic E-state index is 0.00647. The van der Waals surface area contributed by atoms with Gasteiger partial charge in [0.25, 0.3) is 5.56 Å². The Morgan fingerprint density at radius 1 is 1.37 bits per heavy atom. The van der Waals surface area contributed by atoms with E-state index in [0.29, 0.717) is 23.9 Å². The van der Waals surface area contributed by atoms with Gasteiger partial charge in [-0.3, -0.25) is 14.2 Å². The quantitative estimate of drug-likeness (QED) is 0.745. The van der Waals surface area contributed by atoms with E-state index < -0.39 is 9.84 Å². The second-order valence-electron chi connectivity index (χ2n) is 7.15. The molecule has 0 aliphatic carbocycles. The molecule has 1 unspecified atom stereocenters. The summed E-state index contributed by atoms with van der Waals surface area (Å²) in [7, 11) is -3.09. The van der Waals surface area contributed by atoms with E-state index in [2.05, 4.69) is 4.98 Å². The van der Waals surface area contributed by atoms with Crippen LogP contribution in [0, 0.1) is 6.92 Å². The maximum atomic E-state index is 12.9. The molecule has 3 rings (SSSR count). The number of aromatic nitrogens is 2. The summed E-state index contributed by atoms with van der Waals surface area (Å²) in [6.45, 7) is 4.28. The lowest BCUT2D eigenvalue weighted by Gasteiger charge is -2.28. The number of hydrogen-bond donors (Lipinski definition) is 0. The van der Waals surface area contributed by atoms with Crippen LogP contribution in [0.25, 0.3) is 10.9 Å². The highest BCUT2D eigenvalue weighted by Crippen LogP contribution is 2.19. The van der Waals surface area contributed by atoms with Crippen LogP contribution in [0.1, 0.15) is 31.7 Å². The molecule has 7 nitrogen and oxygen atoms in total. The van der Waals surface area contributed by atoms with Crippen LogP contribution < -0.4 is 5.56 Å². The molecule has 0 N–H and O–H groups in total. The fourth-order valence-electron chi connectivity index (χ4n) is 3.55. The summed E-state index contributed by atoms with van der Waals surface area (Å²) in [5.74, 6) is -0.113. The lowest BCUT2D eigenvalue weighted by molar-refractivity contribution is -0.133. The molecule has 1 aromatic heterocycles. The Balaban J connectivity index is 1.86. The number of hydrogen-bond acceptors (Lipinski definition) is 5. The van der Waals surface area contributed by atoms with Crippen molar-refractivity contribution in [3.63, 3.8) is 0 Å². The predicted molar refractivity (Wildman–Crippen MR) is 104 cm³/mol. The molecule has 1 aliphatic heterocycles. The van der Waals surface area contributed by atoms with Crippen molar-refractivity contribution < 1.29 is 13.2 Å². The molecule has 1 fully saturated rings. The van der Waals surface area contributed by atoms with Crippen molar-refractivity contribution in [1.82, 2.24) is 14.5 Å². The van der Waals surface area contributed by atoms with E-state index in [1.54, 1.807) is 17.0 Å². The number of sulfone groups is 1. The number of carbonyl (C=O) groups excluding carboxylic acids is 1. The molecule has 2 heterocycles. The Morgan fingerprint density at radius 3 is 2.81 bits per heavy atom. The van der Waals surface area contributed by atoms with Crippen molar-refractivity contribution >= 4 is 26.6 Å². The summed E-state index contributed by atoms with van der Waals surface area (Å²) in [5.41, 5.74) is 1.28. The number of aryl methyl sites for hydroxylation is 1. The standard InChI is InChI=1S/C19H25N3O4S/c1-3-4-9-22(15-8-10-27(25,26)12-15)17(23)11-21-13-20-18-14(2)6-5-7-16(18)19(21)24/h5-7,13,15H,3-4,8-12H2,1-2H3. The Bertz CT molecular complexity index is 1010. The van der Waals surface area contributed by atoms with Gasteiger partial charge in [-0.1, -0.05) is 25.5 Å². The lowest BCUT2D eigenvalue weighted by atomic mass is 10.1. The molecule has 0 bridgehead atoms. The zero-order chi connectivity index (χ0) is 19.6. The molecule has 1 saturated heterocycles. The van der Waals surface area contributed by atoms with E-state index in [0.717, 1.165) is 18.4 Å². The molecule has 2 aromatic rings. The van der Waals surface area contributed by atoms with Crippen LogP contribution >= 0.6 is 0 Å². The first-order valence-electron chi connectivity index (χ1n) is 9.27. The van der Waals surface area contributed by atoms with Gasteiger partial charge in [-0.15, -0.1) is 0 Å². The van der Waals surface area contributed by atoms with Crippen molar-refractivity contribution in [1.29, 1.82) is 0 Å². The zero-order valence-electron chi connectivity index (χ0n) is 15.7. The second kappa shape index (κ2) is 7.80. The summed E-state index contributed by atoms with van der Waals surface area (Å²) < 4.78 is 25.0. The fourth-order valence-corrected chi connectivity index (χ4v) is 5.28. The van der Waals surface area contributed by atoms with Crippen LogP contribution in [0.4, 0.5) is 0 Å². The molecule has 1 aliphatic rings. The van der Waals surface area contributed by atoms with E-state index in [1.807, 2.05) is 19.9 Å².